The van der Waals surface area contributed by atoms with Gasteiger partial charge < -0.3 is 14.6 Å². The zero-order valence-corrected chi connectivity index (χ0v) is 18.1. The molecule has 0 saturated carbocycles. The van der Waals surface area contributed by atoms with Crippen molar-refractivity contribution in [2.75, 3.05) is 33.2 Å². The molecule has 7 heteroatoms. The Balaban J connectivity index is 0.00000210. The van der Waals surface area contributed by atoms with Gasteiger partial charge in [0.2, 0.25) is 0 Å². The minimum absolute atomic E-state index is 0. The summed E-state index contributed by atoms with van der Waals surface area (Å²) >= 11 is 0. The van der Waals surface area contributed by atoms with Crippen LogP contribution in [0.5, 0.6) is 0 Å². The number of hydrogen-bond donors (Lipinski definition) is 1. The van der Waals surface area contributed by atoms with Crippen LogP contribution >= 0.6 is 24.0 Å². The molecule has 0 aliphatic carbocycles. The van der Waals surface area contributed by atoms with Crippen LogP contribution in [0.1, 0.15) is 17.7 Å². The quantitative estimate of drug-likeness (QED) is 0.314. The Bertz CT molecular complexity index is 855. The lowest BCUT2D eigenvalue weighted by Gasteiger charge is -2.25. The zero-order valence-electron chi connectivity index (χ0n) is 15.7. The number of aliphatic imine (C=N–C) groups is 1. The van der Waals surface area contributed by atoms with Gasteiger partial charge in [0.25, 0.3) is 0 Å². The number of furan rings is 1. The van der Waals surface area contributed by atoms with Crippen molar-refractivity contribution in [2.45, 2.75) is 25.9 Å². The third kappa shape index (κ3) is 4.13. The van der Waals surface area contributed by atoms with Gasteiger partial charge in [-0.1, -0.05) is 12.2 Å². The van der Waals surface area contributed by atoms with Crippen LogP contribution in [0.15, 0.2) is 39.8 Å². The van der Waals surface area contributed by atoms with E-state index in [1.807, 2.05) is 14.0 Å². The first-order valence-corrected chi connectivity index (χ1v) is 9.18. The molecule has 27 heavy (non-hydrogen) atoms. The molecule has 2 aliphatic heterocycles. The van der Waals surface area contributed by atoms with Gasteiger partial charge in [0.05, 0.1) is 6.54 Å². The van der Waals surface area contributed by atoms with Crippen LogP contribution in [0.3, 0.4) is 0 Å². The second kappa shape index (κ2) is 8.60. The van der Waals surface area contributed by atoms with Crippen molar-refractivity contribution in [1.82, 2.24) is 15.1 Å². The Kier molecular flexibility index (Phi) is 6.41. The number of likely N-dealkylation sites (tertiary alicyclic amines) is 1. The van der Waals surface area contributed by atoms with Crippen molar-refractivity contribution < 1.29 is 8.81 Å². The number of aryl methyl sites for hydroxylation is 1. The lowest BCUT2D eigenvalue weighted by atomic mass is 10.1. The molecule has 0 bridgehead atoms. The Morgan fingerprint density at radius 3 is 2.85 bits per heavy atom. The average Bonchev–Trinajstić information content (AvgIpc) is 3.37. The largest absolute Gasteiger partial charge is 0.459 e. The molecule has 4 rings (SSSR count). The molecule has 1 fully saturated rings. The minimum atomic E-state index is -0.240. The van der Waals surface area contributed by atoms with E-state index in [1.54, 1.807) is 6.07 Å². The molecule has 3 heterocycles. The summed E-state index contributed by atoms with van der Waals surface area (Å²) in [6.07, 6.45) is 5.64. The Hall–Kier alpha value is -1.61. The molecular formula is C20H26FIN4O. The number of hydrogen-bond acceptors (Lipinski definition) is 3. The van der Waals surface area contributed by atoms with Crippen molar-refractivity contribution in [3.63, 3.8) is 0 Å². The Morgan fingerprint density at radius 1 is 1.33 bits per heavy atom. The van der Waals surface area contributed by atoms with E-state index in [4.69, 9.17) is 4.42 Å². The molecule has 1 N–H and O–H groups in total. The number of nitrogens with one attached hydrogen (secondary N) is 1. The van der Waals surface area contributed by atoms with Crippen molar-refractivity contribution in [1.29, 1.82) is 0 Å². The van der Waals surface area contributed by atoms with Crippen molar-refractivity contribution in [2.24, 2.45) is 4.99 Å². The third-order valence-corrected chi connectivity index (χ3v) is 5.44. The van der Waals surface area contributed by atoms with Crippen molar-refractivity contribution >= 4 is 40.9 Å². The molecule has 0 amide bonds. The van der Waals surface area contributed by atoms with Gasteiger partial charge in [0.15, 0.2) is 5.96 Å². The third-order valence-electron chi connectivity index (χ3n) is 5.44. The summed E-state index contributed by atoms with van der Waals surface area (Å²) in [6.45, 7) is 6.62. The zero-order chi connectivity index (χ0) is 18.1. The summed E-state index contributed by atoms with van der Waals surface area (Å²) in [6, 6.07) is 5.23. The first-order chi connectivity index (χ1) is 12.7. The molecule has 0 spiro atoms. The molecule has 2 aliphatic rings. The van der Waals surface area contributed by atoms with Gasteiger partial charge in [-0.3, -0.25) is 9.89 Å². The van der Waals surface area contributed by atoms with Gasteiger partial charge in [0, 0.05) is 50.2 Å². The first kappa shape index (κ1) is 20.1. The predicted molar refractivity (Wildman–Crippen MR) is 117 cm³/mol. The standard InChI is InChI=1S/C20H25FN4O.HI/c1-14-17-11-15(21)5-6-18(17)26-19(14)12-23-20(22-2)25-10-7-16(13-25)24-8-3-4-9-24;/h3-6,11,16H,7-10,12-13H2,1-2H3,(H,22,23);1H. The maximum Gasteiger partial charge on any atom is 0.194 e. The van der Waals surface area contributed by atoms with Crippen LogP contribution in [0.25, 0.3) is 11.0 Å². The highest BCUT2D eigenvalue weighted by atomic mass is 127. The molecular weight excluding hydrogens is 458 g/mol. The lowest BCUT2D eigenvalue weighted by molar-refractivity contribution is 0.259. The summed E-state index contributed by atoms with van der Waals surface area (Å²) in [4.78, 5) is 9.25. The van der Waals surface area contributed by atoms with E-state index in [0.29, 0.717) is 12.6 Å². The van der Waals surface area contributed by atoms with Crippen LogP contribution in [0, 0.1) is 12.7 Å². The average molecular weight is 484 g/mol. The summed E-state index contributed by atoms with van der Waals surface area (Å²) in [7, 11) is 1.81. The molecule has 1 aromatic heterocycles. The van der Waals surface area contributed by atoms with Gasteiger partial charge in [-0.2, -0.15) is 0 Å². The fraction of sp³-hybridized carbons (Fsp3) is 0.450. The summed E-state index contributed by atoms with van der Waals surface area (Å²) in [5.41, 5.74) is 1.70. The lowest BCUT2D eigenvalue weighted by Crippen LogP contribution is -2.42. The monoisotopic (exact) mass is 484 g/mol. The maximum absolute atomic E-state index is 13.5. The predicted octanol–water partition coefficient (Wildman–Crippen LogP) is 3.52. The van der Waals surface area contributed by atoms with Crippen LogP contribution in [0.2, 0.25) is 0 Å². The van der Waals surface area contributed by atoms with Crippen LogP contribution in [0.4, 0.5) is 4.39 Å². The number of nitrogens with zero attached hydrogens (tertiary/aromatic N) is 3. The number of guanidine groups is 1. The molecule has 1 atom stereocenters. The molecule has 1 unspecified atom stereocenters. The van der Waals surface area contributed by atoms with Crippen LogP contribution < -0.4 is 5.32 Å². The Labute approximate surface area is 176 Å². The topological polar surface area (TPSA) is 44.0 Å². The first-order valence-electron chi connectivity index (χ1n) is 9.18. The molecule has 5 nitrogen and oxygen atoms in total. The fourth-order valence-electron chi connectivity index (χ4n) is 3.93. The fourth-order valence-corrected chi connectivity index (χ4v) is 3.93. The van der Waals surface area contributed by atoms with Crippen molar-refractivity contribution in [3.05, 3.63) is 47.5 Å². The van der Waals surface area contributed by atoms with E-state index < -0.39 is 0 Å². The molecule has 2 aromatic rings. The van der Waals surface area contributed by atoms with E-state index in [2.05, 4.69) is 32.3 Å². The second-order valence-corrected chi connectivity index (χ2v) is 7.01. The van der Waals surface area contributed by atoms with Gasteiger partial charge in [-0.05, 0) is 31.5 Å². The van der Waals surface area contributed by atoms with E-state index in [-0.39, 0.29) is 29.8 Å². The van der Waals surface area contributed by atoms with E-state index >= 15 is 0 Å². The minimum Gasteiger partial charge on any atom is -0.459 e. The van der Waals surface area contributed by atoms with Crippen molar-refractivity contribution in [3.8, 4) is 0 Å². The van der Waals surface area contributed by atoms with E-state index in [9.17, 15) is 4.39 Å². The second-order valence-electron chi connectivity index (χ2n) is 7.01. The number of fused-ring (bicyclic) bond motifs is 1. The number of halogens is 2. The van der Waals surface area contributed by atoms with Gasteiger partial charge in [-0.25, -0.2) is 4.39 Å². The summed E-state index contributed by atoms with van der Waals surface area (Å²) in [5.74, 6) is 1.48. The summed E-state index contributed by atoms with van der Waals surface area (Å²) < 4.78 is 19.4. The molecule has 1 aromatic carbocycles. The highest BCUT2D eigenvalue weighted by molar-refractivity contribution is 14.0. The normalized spacial score (nSPS) is 20.5. The number of benzene rings is 1. The smallest absolute Gasteiger partial charge is 0.194 e. The van der Waals surface area contributed by atoms with E-state index in [1.165, 1.54) is 12.1 Å². The molecule has 146 valence electrons. The highest BCUT2D eigenvalue weighted by Crippen LogP contribution is 2.26. The molecule has 0 radical (unpaired) electrons. The highest BCUT2D eigenvalue weighted by Gasteiger charge is 2.29. The van der Waals surface area contributed by atoms with Crippen LogP contribution in [-0.4, -0.2) is 55.0 Å². The molecule has 1 saturated heterocycles. The van der Waals surface area contributed by atoms with Gasteiger partial charge in [-0.15, -0.1) is 24.0 Å². The Morgan fingerprint density at radius 2 is 2.11 bits per heavy atom. The summed E-state index contributed by atoms with van der Waals surface area (Å²) in [5, 5.41) is 4.24. The van der Waals surface area contributed by atoms with Gasteiger partial charge in [0.1, 0.15) is 17.2 Å². The van der Waals surface area contributed by atoms with E-state index in [0.717, 1.165) is 60.9 Å². The SMILES string of the molecule is CN=C(NCc1oc2ccc(F)cc2c1C)N1CCC(N2CC=CC2)C1.I. The maximum atomic E-state index is 13.5. The van der Waals surface area contributed by atoms with Crippen LogP contribution in [-0.2, 0) is 6.54 Å². The van der Waals surface area contributed by atoms with Gasteiger partial charge >= 0.3 is 0 Å². The number of rotatable bonds is 3.